The highest BCUT2D eigenvalue weighted by atomic mass is 35.5. The van der Waals surface area contributed by atoms with Gasteiger partial charge in [0.05, 0.1) is 17.1 Å². The van der Waals surface area contributed by atoms with Crippen LogP contribution in [0.5, 0.6) is 5.75 Å². The zero-order valence-corrected chi connectivity index (χ0v) is 17.3. The standard InChI is InChI=1S/C22H18ClF3O5/c1-3-12(2)30-18(27)11-29-15-8-9-16-17(10-15)31-21(22(24,25)26)19(20(16)28)13-4-6-14(23)7-5-13/h4-10,12H,3,11H2,1-2H3/t12-/m1/s1. The van der Waals surface area contributed by atoms with Gasteiger partial charge >= 0.3 is 12.1 Å². The predicted molar refractivity (Wildman–Crippen MR) is 109 cm³/mol. The van der Waals surface area contributed by atoms with Crippen molar-refractivity contribution in [3.63, 3.8) is 0 Å². The maximum atomic E-state index is 13.7. The number of ether oxygens (including phenoxy) is 2. The Kier molecular flexibility index (Phi) is 6.59. The van der Waals surface area contributed by atoms with Crippen molar-refractivity contribution in [2.45, 2.75) is 32.5 Å². The van der Waals surface area contributed by atoms with Gasteiger partial charge in [-0.15, -0.1) is 0 Å². The second-order valence-corrected chi connectivity index (χ2v) is 7.23. The molecule has 3 rings (SSSR count). The van der Waals surface area contributed by atoms with E-state index in [1.807, 2.05) is 6.92 Å². The van der Waals surface area contributed by atoms with E-state index < -0.39 is 35.5 Å². The fraction of sp³-hybridized carbons (Fsp3) is 0.273. The highest BCUT2D eigenvalue weighted by Crippen LogP contribution is 2.38. The van der Waals surface area contributed by atoms with Crippen molar-refractivity contribution >= 4 is 28.5 Å². The van der Waals surface area contributed by atoms with Crippen LogP contribution in [-0.4, -0.2) is 18.7 Å². The molecule has 0 fully saturated rings. The summed E-state index contributed by atoms with van der Waals surface area (Å²) in [5.41, 5.74) is -1.75. The summed E-state index contributed by atoms with van der Waals surface area (Å²) < 4.78 is 56.5. The molecule has 5 nitrogen and oxygen atoms in total. The molecule has 164 valence electrons. The van der Waals surface area contributed by atoms with Crippen molar-refractivity contribution in [2.24, 2.45) is 0 Å². The fourth-order valence-corrected chi connectivity index (χ4v) is 2.95. The van der Waals surface area contributed by atoms with E-state index in [0.717, 1.165) is 6.07 Å². The lowest BCUT2D eigenvalue weighted by Gasteiger charge is -2.14. The Morgan fingerprint density at radius 2 is 1.84 bits per heavy atom. The number of rotatable bonds is 6. The monoisotopic (exact) mass is 454 g/mol. The second kappa shape index (κ2) is 9.01. The van der Waals surface area contributed by atoms with E-state index in [2.05, 4.69) is 0 Å². The summed E-state index contributed by atoms with van der Waals surface area (Å²) in [6.07, 6.45) is -4.58. The molecule has 1 aromatic heterocycles. The molecule has 0 saturated carbocycles. The Morgan fingerprint density at radius 1 is 1.16 bits per heavy atom. The van der Waals surface area contributed by atoms with Gasteiger partial charge in [-0.2, -0.15) is 13.2 Å². The zero-order valence-electron chi connectivity index (χ0n) is 16.6. The smallest absolute Gasteiger partial charge is 0.450 e. The van der Waals surface area contributed by atoms with Crippen LogP contribution in [0.1, 0.15) is 26.0 Å². The molecule has 0 radical (unpaired) electrons. The van der Waals surface area contributed by atoms with Crippen LogP contribution in [-0.2, 0) is 15.7 Å². The van der Waals surface area contributed by atoms with Crippen LogP contribution < -0.4 is 10.2 Å². The van der Waals surface area contributed by atoms with Crippen LogP contribution in [0.2, 0.25) is 5.02 Å². The molecule has 0 aliphatic heterocycles. The van der Waals surface area contributed by atoms with E-state index in [4.69, 9.17) is 25.5 Å². The molecule has 0 saturated heterocycles. The van der Waals surface area contributed by atoms with Crippen LogP contribution in [0.4, 0.5) is 13.2 Å². The number of benzene rings is 2. The number of hydrogen-bond donors (Lipinski definition) is 0. The van der Waals surface area contributed by atoms with Gasteiger partial charge in [-0.25, -0.2) is 4.79 Å². The molecule has 0 aliphatic carbocycles. The van der Waals surface area contributed by atoms with Gasteiger partial charge in [0.25, 0.3) is 0 Å². The van der Waals surface area contributed by atoms with Crippen molar-refractivity contribution in [3.8, 4) is 16.9 Å². The molecule has 0 spiro atoms. The average Bonchev–Trinajstić information content (AvgIpc) is 2.72. The molecule has 1 atom stereocenters. The number of hydrogen-bond acceptors (Lipinski definition) is 5. The van der Waals surface area contributed by atoms with Crippen LogP contribution in [0, 0.1) is 0 Å². The van der Waals surface area contributed by atoms with Gasteiger partial charge in [-0.1, -0.05) is 30.7 Å². The first-order valence-corrected chi connectivity index (χ1v) is 9.74. The Labute approximate surface area is 180 Å². The van der Waals surface area contributed by atoms with E-state index in [0.29, 0.717) is 11.4 Å². The molecule has 0 bridgehead atoms. The normalized spacial score (nSPS) is 12.6. The Hall–Kier alpha value is -3.00. The van der Waals surface area contributed by atoms with Gasteiger partial charge in [0, 0.05) is 11.1 Å². The van der Waals surface area contributed by atoms with Gasteiger partial charge < -0.3 is 13.9 Å². The predicted octanol–water partition coefficient (Wildman–Crippen LogP) is 5.85. The number of carbonyl (C=O) groups excluding carboxylic acids is 1. The van der Waals surface area contributed by atoms with Gasteiger partial charge in [0.15, 0.2) is 6.61 Å². The first-order valence-electron chi connectivity index (χ1n) is 9.36. The third-order valence-corrected chi connectivity index (χ3v) is 4.77. The second-order valence-electron chi connectivity index (χ2n) is 6.80. The molecule has 0 N–H and O–H groups in total. The van der Waals surface area contributed by atoms with Gasteiger partial charge in [-0.3, -0.25) is 4.79 Å². The lowest BCUT2D eigenvalue weighted by atomic mass is 10.0. The van der Waals surface area contributed by atoms with Gasteiger partial charge in [0.1, 0.15) is 11.3 Å². The lowest BCUT2D eigenvalue weighted by Crippen LogP contribution is -2.20. The SMILES string of the molecule is CC[C@@H](C)OC(=O)COc1ccc2c(=O)c(-c3ccc(Cl)cc3)c(C(F)(F)F)oc2c1. The Morgan fingerprint density at radius 3 is 2.45 bits per heavy atom. The van der Waals surface area contributed by atoms with Crippen LogP contribution >= 0.6 is 11.6 Å². The zero-order chi connectivity index (χ0) is 22.8. The van der Waals surface area contributed by atoms with Crippen molar-refractivity contribution in [3.05, 3.63) is 63.5 Å². The summed E-state index contributed by atoms with van der Waals surface area (Å²) in [4.78, 5) is 24.6. The molecule has 3 aromatic rings. The summed E-state index contributed by atoms with van der Waals surface area (Å²) in [6.45, 7) is 3.13. The van der Waals surface area contributed by atoms with Crippen molar-refractivity contribution in [1.29, 1.82) is 0 Å². The number of carbonyl (C=O) groups is 1. The minimum atomic E-state index is -4.92. The quantitative estimate of drug-likeness (QED) is 0.437. The maximum Gasteiger partial charge on any atom is 0.450 e. The summed E-state index contributed by atoms with van der Waals surface area (Å²) in [5, 5.41) is 0.253. The number of halogens is 4. The number of alkyl halides is 3. The third-order valence-electron chi connectivity index (χ3n) is 4.52. The molecule has 0 aliphatic rings. The highest BCUT2D eigenvalue weighted by Gasteiger charge is 2.39. The van der Waals surface area contributed by atoms with E-state index in [1.165, 1.54) is 36.4 Å². The largest absolute Gasteiger partial charge is 0.482 e. The van der Waals surface area contributed by atoms with E-state index in [9.17, 15) is 22.8 Å². The van der Waals surface area contributed by atoms with Crippen LogP contribution in [0.25, 0.3) is 22.1 Å². The average molecular weight is 455 g/mol. The van der Waals surface area contributed by atoms with Crippen molar-refractivity contribution in [2.75, 3.05) is 6.61 Å². The summed E-state index contributed by atoms with van der Waals surface area (Å²) in [5.74, 6) is -1.99. The van der Waals surface area contributed by atoms with Gasteiger partial charge in [-0.05, 0) is 43.2 Å². The Bertz CT molecular complexity index is 1150. The molecule has 31 heavy (non-hydrogen) atoms. The van der Waals surface area contributed by atoms with E-state index in [1.54, 1.807) is 6.92 Å². The summed E-state index contributed by atoms with van der Waals surface area (Å²) in [7, 11) is 0. The van der Waals surface area contributed by atoms with E-state index >= 15 is 0 Å². The van der Waals surface area contributed by atoms with Crippen LogP contribution in [0.15, 0.2) is 51.7 Å². The van der Waals surface area contributed by atoms with E-state index in [-0.39, 0.29) is 28.4 Å². The molecular weight excluding hydrogens is 437 g/mol. The third kappa shape index (κ3) is 5.19. The molecule has 0 amide bonds. The molecule has 9 heteroatoms. The molecule has 1 heterocycles. The van der Waals surface area contributed by atoms with Crippen molar-refractivity contribution < 1.29 is 31.9 Å². The minimum Gasteiger partial charge on any atom is -0.482 e. The lowest BCUT2D eigenvalue weighted by molar-refractivity contribution is -0.152. The minimum absolute atomic E-state index is 0.0282. The van der Waals surface area contributed by atoms with Crippen LogP contribution in [0.3, 0.4) is 0 Å². The summed E-state index contributed by atoms with van der Waals surface area (Å²) >= 11 is 5.80. The topological polar surface area (TPSA) is 65.7 Å². The summed E-state index contributed by atoms with van der Waals surface area (Å²) in [6, 6.07) is 9.19. The Balaban J connectivity index is 2.02. The van der Waals surface area contributed by atoms with Crippen molar-refractivity contribution in [1.82, 2.24) is 0 Å². The first kappa shape index (κ1) is 22.7. The highest BCUT2D eigenvalue weighted by molar-refractivity contribution is 6.30. The molecular formula is C22H18ClF3O5. The number of esters is 1. The maximum absolute atomic E-state index is 13.7. The number of fused-ring (bicyclic) bond motifs is 1. The fourth-order valence-electron chi connectivity index (χ4n) is 2.83. The molecule has 2 aromatic carbocycles. The molecule has 0 unspecified atom stereocenters. The van der Waals surface area contributed by atoms with Gasteiger partial charge in [0.2, 0.25) is 11.2 Å². The first-order chi connectivity index (χ1) is 14.6.